The summed E-state index contributed by atoms with van der Waals surface area (Å²) in [6.07, 6.45) is 1.94. The van der Waals surface area contributed by atoms with E-state index in [9.17, 15) is 4.57 Å². The number of para-hydroxylation sites is 1. The van der Waals surface area contributed by atoms with Gasteiger partial charge in [-0.1, -0.05) is 81.4 Å². The van der Waals surface area contributed by atoms with Gasteiger partial charge in [-0.25, -0.2) is 4.57 Å². The van der Waals surface area contributed by atoms with Crippen LogP contribution in [0.3, 0.4) is 0 Å². The quantitative estimate of drug-likeness (QED) is 0.112. The van der Waals surface area contributed by atoms with Crippen LogP contribution in [-0.2, 0) is 26.4 Å². The third kappa shape index (κ3) is 8.13. The zero-order valence-electron chi connectivity index (χ0n) is 23.3. The molecular formula is C31H37N2O4PSi. The fourth-order valence-corrected chi connectivity index (χ4v) is 6.04. The highest BCUT2D eigenvalue weighted by molar-refractivity contribution is 7.53. The first-order chi connectivity index (χ1) is 18.5. The van der Waals surface area contributed by atoms with Crippen molar-refractivity contribution in [1.82, 2.24) is 4.98 Å². The van der Waals surface area contributed by atoms with E-state index in [-0.39, 0.29) is 11.2 Å². The van der Waals surface area contributed by atoms with E-state index in [1.54, 1.807) is 12.1 Å². The van der Waals surface area contributed by atoms with Gasteiger partial charge in [0, 0.05) is 11.8 Å². The van der Waals surface area contributed by atoms with E-state index < -0.39 is 15.9 Å². The Morgan fingerprint density at radius 3 is 2.13 bits per heavy atom. The first-order valence-electron chi connectivity index (χ1n) is 13.0. The van der Waals surface area contributed by atoms with Crippen LogP contribution in [0.1, 0.15) is 31.9 Å². The smallest absolute Gasteiger partial charge is 0.404 e. The van der Waals surface area contributed by atoms with E-state index >= 15 is 0 Å². The second kappa shape index (κ2) is 12.3. The van der Waals surface area contributed by atoms with Crippen molar-refractivity contribution in [1.29, 1.82) is 0 Å². The van der Waals surface area contributed by atoms with Crippen LogP contribution in [-0.4, -0.2) is 13.3 Å². The summed E-state index contributed by atoms with van der Waals surface area (Å²) in [4.78, 5) is 4.55. The van der Waals surface area contributed by atoms with Gasteiger partial charge in [-0.05, 0) is 65.7 Å². The molecule has 8 heteroatoms. The van der Waals surface area contributed by atoms with Gasteiger partial charge in [0.15, 0.2) is 8.32 Å². The second-order valence-electron chi connectivity index (χ2n) is 11.0. The lowest BCUT2D eigenvalue weighted by molar-refractivity contribution is 0.276. The molecular weight excluding hydrogens is 523 g/mol. The Bertz CT molecular complexity index is 1350. The van der Waals surface area contributed by atoms with Crippen molar-refractivity contribution in [2.75, 3.05) is 5.48 Å². The molecule has 0 bridgehead atoms. The monoisotopic (exact) mass is 560 g/mol. The first-order valence-corrected chi connectivity index (χ1v) is 17.7. The number of aromatic nitrogens is 1. The number of hydrogen-bond donors (Lipinski definition) is 1. The Hall–Kier alpha value is -3.22. The minimum Gasteiger partial charge on any atom is -0.423 e. The molecule has 4 rings (SSSR count). The molecule has 0 saturated carbocycles. The third-order valence-corrected chi connectivity index (χ3v) is 13.0. The van der Waals surface area contributed by atoms with Gasteiger partial charge in [-0.2, -0.15) is 4.62 Å². The molecule has 1 heterocycles. The lowest BCUT2D eigenvalue weighted by Gasteiger charge is -2.36. The van der Waals surface area contributed by atoms with Gasteiger partial charge in [0.1, 0.15) is 5.75 Å². The molecule has 0 radical (unpaired) electrons. The largest absolute Gasteiger partial charge is 0.423 e. The molecule has 6 nitrogen and oxygen atoms in total. The van der Waals surface area contributed by atoms with Crippen LogP contribution in [0.4, 0.5) is 5.69 Å². The molecule has 0 saturated heterocycles. The summed E-state index contributed by atoms with van der Waals surface area (Å²) in [7, 11) is -5.42. The van der Waals surface area contributed by atoms with Crippen LogP contribution in [0, 0.1) is 0 Å². The molecule has 39 heavy (non-hydrogen) atoms. The summed E-state index contributed by atoms with van der Waals surface area (Å²) in [6.45, 7) is 11.8. The zero-order chi connectivity index (χ0) is 27.9. The summed E-state index contributed by atoms with van der Waals surface area (Å²) in [5.74, 6) is 0.484. The van der Waals surface area contributed by atoms with Gasteiger partial charge in [0.2, 0.25) is 0 Å². The van der Waals surface area contributed by atoms with Gasteiger partial charge in [-0.3, -0.25) is 10.5 Å². The molecule has 0 fully saturated rings. The average Bonchev–Trinajstić information content (AvgIpc) is 2.92. The maximum Gasteiger partial charge on any atom is 0.404 e. The molecule has 1 aromatic heterocycles. The average molecular weight is 561 g/mol. The normalized spacial score (nSPS) is 13.5. The van der Waals surface area contributed by atoms with Gasteiger partial charge in [0.05, 0.1) is 24.2 Å². The number of nitrogens with one attached hydrogen (secondary N) is 1. The van der Waals surface area contributed by atoms with Gasteiger partial charge >= 0.3 is 7.60 Å². The molecule has 4 aromatic rings. The van der Waals surface area contributed by atoms with Crippen molar-refractivity contribution in [2.45, 2.75) is 51.7 Å². The second-order valence-corrected chi connectivity index (χ2v) is 17.7. The van der Waals surface area contributed by atoms with Crippen LogP contribution in [0.5, 0.6) is 5.75 Å². The standard InChI is InChI=1S/C31H37N2O4PSi/c1-31(2,3)39(4,5)35-23-26-20-21-32-30(22-26)27-16-18-28(19-17-27)33-37-38(34,24-25-12-8-6-9-13-25)36-29-14-10-7-11-15-29/h6-22,33H,23-24H2,1-5H3. The van der Waals surface area contributed by atoms with Crippen molar-refractivity contribution in [3.63, 3.8) is 0 Å². The molecule has 0 aliphatic rings. The highest BCUT2D eigenvalue weighted by atomic mass is 31.2. The topological polar surface area (TPSA) is 69.7 Å². The van der Waals surface area contributed by atoms with Crippen molar-refractivity contribution in [3.8, 4) is 17.0 Å². The highest BCUT2D eigenvalue weighted by Gasteiger charge is 2.37. The number of benzene rings is 3. The molecule has 1 N–H and O–H groups in total. The SMILES string of the molecule is CC(C)(C)[Si](C)(C)OCc1ccnc(-c2ccc(NOP(=O)(Cc3ccccc3)Oc3ccccc3)cc2)c1. The fourth-order valence-electron chi connectivity index (χ4n) is 3.57. The van der Waals surface area contributed by atoms with Crippen molar-refractivity contribution in [2.24, 2.45) is 0 Å². The predicted octanol–water partition coefficient (Wildman–Crippen LogP) is 9.09. The van der Waals surface area contributed by atoms with Gasteiger partial charge in [0.25, 0.3) is 0 Å². The molecule has 1 unspecified atom stereocenters. The maximum absolute atomic E-state index is 13.7. The number of pyridine rings is 1. The summed E-state index contributed by atoms with van der Waals surface area (Å²) in [5.41, 5.74) is 7.27. The van der Waals surface area contributed by atoms with Crippen molar-refractivity contribution >= 4 is 21.6 Å². The molecule has 3 aromatic carbocycles. The summed E-state index contributed by atoms with van der Waals surface area (Å²) in [6, 6.07) is 30.3. The van der Waals surface area contributed by atoms with Gasteiger partial charge < -0.3 is 8.95 Å². The molecule has 0 amide bonds. The van der Waals surface area contributed by atoms with E-state index in [4.69, 9.17) is 13.6 Å². The lowest BCUT2D eigenvalue weighted by atomic mass is 10.1. The van der Waals surface area contributed by atoms with Crippen LogP contribution < -0.4 is 10.0 Å². The minimum absolute atomic E-state index is 0.126. The predicted molar refractivity (Wildman–Crippen MR) is 161 cm³/mol. The van der Waals surface area contributed by atoms with Crippen LogP contribution >= 0.6 is 7.60 Å². The number of hydrogen-bond acceptors (Lipinski definition) is 6. The molecule has 204 valence electrons. The Morgan fingerprint density at radius 2 is 1.49 bits per heavy atom. The van der Waals surface area contributed by atoms with E-state index in [0.717, 1.165) is 22.4 Å². The first kappa shape index (κ1) is 28.8. The summed E-state index contributed by atoms with van der Waals surface area (Å²) in [5, 5.41) is 0.158. The maximum atomic E-state index is 13.7. The molecule has 1 atom stereocenters. The van der Waals surface area contributed by atoms with E-state index in [0.29, 0.717) is 18.0 Å². The number of rotatable bonds is 11. The van der Waals surface area contributed by atoms with Crippen molar-refractivity contribution < 1.29 is 18.1 Å². The zero-order valence-corrected chi connectivity index (χ0v) is 25.2. The Morgan fingerprint density at radius 1 is 0.846 bits per heavy atom. The summed E-state index contributed by atoms with van der Waals surface area (Å²) < 4.78 is 31.7. The minimum atomic E-state index is -3.57. The number of anilines is 1. The molecule has 0 aliphatic carbocycles. The van der Waals surface area contributed by atoms with Gasteiger partial charge in [-0.15, -0.1) is 0 Å². The van der Waals surface area contributed by atoms with E-state index in [1.807, 2.05) is 85.1 Å². The summed E-state index contributed by atoms with van der Waals surface area (Å²) >= 11 is 0. The Labute approximate surface area is 233 Å². The van der Waals surface area contributed by atoms with Crippen LogP contribution in [0.15, 0.2) is 103 Å². The lowest BCUT2D eigenvalue weighted by Crippen LogP contribution is -2.40. The Balaban J connectivity index is 1.43. The van der Waals surface area contributed by atoms with Crippen molar-refractivity contribution in [3.05, 3.63) is 114 Å². The highest BCUT2D eigenvalue weighted by Crippen LogP contribution is 2.51. The van der Waals surface area contributed by atoms with E-state index in [2.05, 4.69) is 50.4 Å². The third-order valence-electron chi connectivity index (χ3n) is 6.92. The molecule has 0 aliphatic heterocycles. The van der Waals surface area contributed by atoms with E-state index in [1.165, 1.54) is 0 Å². The molecule has 0 spiro atoms. The van der Waals surface area contributed by atoms with Crippen LogP contribution in [0.2, 0.25) is 18.1 Å². The number of nitrogens with zero attached hydrogens (tertiary/aromatic N) is 1. The Kier molecular flexibility index (Phi) is 9.08. The fraction of sp³-hybridized carbons (Fsp3) is 0.258. The van der Waals surface area contributed by atoms with Crippen LogP contribution in [0.25, 0.3) is 11.3 Å².